The maximum atomic E-state index is 9.66. The van der Waals surface area contributed by atoms with Gasteiger partial charge in [-0.15, -0.1) is 0 Å². The van der Waals surface area contributed by atoms with Crippen LogP contribution in [0.2, 0.25) is 0 Å². The molecule has 22 heavy (non-hydrogen) atoms. The molecule has 0 aromatic carbocycles. The lowest BCUT2D eigenvalue weighted by Crippen LogP contribution is -2.49. The predicted octanol–water partition coefficient (Wildman–Crippen LogP) is 2.06. The standard InChI is InChI=1S/C17H21N5/c1-3-6-22-7-5-12-13(8-18)16(21)17(10-19,11-20)15(4-2)14(12)9-22/h5,14-15H,3-4,6-7,9,21H2,1-2H3/t14-,15-/m1/s1. The lowest BCUT2D eigenvalue weighted by molar-refractivity contribution is 0.164. The number of fused-ring (bicyclic) bond motifs is 1. The number of nitriles is 3. The number of nitrogens with two attached hydrogens (primary N) is 1. The molecule has 0 spiro atoms. The van der Waals surface area contributed by atoms with Crippen LogP contribution in [0.5, 0.6) is 0 Å². The van der Waals surface area contributed by atoms with Crippen molar-refractivity contribution in [2.75, 3.05) is 19.6 Å². The Morgan fingerprint density at radius 3 is 2.50 bits per heavy atom. The first-order valence-electron chi connectivity index (χ1n) is 7.75. The quantitative estimate of drug-likeness (QED) is 0.858. The van der Waals surface area contributed by atoms with E-state index in [-0.39, 0.29) is 17.5 Å². The van der Waals surface area contributed by atoms with Crippen LogP contribution in [0.1, 0.15) is 26.7 Å². The van der Waals surface area contributed by atoms with Gasteiger partial charge in [0.1, 0.15) is 6.07 Å². The third-order valence-corrected chi connectivity index (χ3v) is 4.89. The first kappa shape index (κ1) is 16.1. The second-order valence-electron chi connectivity index (χ2n) is 5.97. The van der Waals surface area contributed by atoms with Crippen molar-refractivity contribution in [3.8, 4) is 18.2 Å². The van der Waals surface area contributed by atoms with E-state index in [1.165, 1.54) is 0 Å². The number of rotatable bonds is 3. The second kappa shape index (κ2) is 6.22. The Hall–Kier alpha value is -2.29. The minimum Gasteiger partial charge on any atom is -0.399 e. The Labute approximate surface area is 131 Å². The number of allylic oxidation sites excluding steroid dienone is 2. The molecule has 0 unspecified atom stereocenters. The highest BCUT2D eigenvalue weighted by Crippen LogP contribution is 2.50. The van der Waals surface area contributed by atoms with E-state index in [4.69, 9.17) is 5.73 Å². The first-order chi connectivity index (χ1) is 10.6. The van der Waals surface area contributed by atoms with Gasteiger partial charge in [-0.05, 0) is 25.0 Å². The Balaban J connectivity index is 2.61. The second-order valence-corrected chi connectivity index (χ2v) is 5.97. The fraction of sp³-hybridized carbons (Fsp3) is 0.588. The van der Waals surface area contributed by atoms with E-state index in [1.54, 1.807) is 0 Å². The zero-order chi connectivity index (χ0) is 16.3. The molecule has 0 aromatic heterocycles. The van der Waals surface area contributed by atoms with Gasteiger partial charge in [0.25, 0.3) is 0 Å². The molecule has 0 fully saturated rings. The zero-order valence-corrected chi connectivity index (χ0v) is 13.1. The van der Waals surface area contributed by atoms with Gasteiger partial charge in [-0.3, -0.25) is 4.90 Å². The molecule has 2 N–H and O–H groups in total. The molecule has 0 aromatic rings. The maximum Gasteiger partial charge on any atom is 0.187 e. The van der Waals surface area contributed by atoms with E-state index in [0.29, 0.717) is 12.0 Å². The van der Waals surface area contributed by atoms with Crippen LogP contribution in [0, 0.1) is 51.2 Å². The monoisotopic (exact) mass is 295 g/mol. The van der Waals surface area contributed by atoms with Gasteiger partial charge in [0, 0.05) is 24.9 Å². The van der Waals surface area contributed by atoms with Gasteiger partial charge in [0.05, 0.1) is 23.4 Å². The summed E-state index contributed by atoms with van der Waals surface area (Å²) in [5, 5.41) is 28.8. The molecule has 1 aliphatic carbocycles. The maximum absolute atomic E-state index is 9.66. The third-order valence-electron chi connectivity index (χ3n) is 4.89. The van der Waals surface area contributed by atoms with Crippen molar-refractivity contribution in [1.82, 2.24) is 4.90 Å². The smallest absolute Gasteiger partial charge is 0.187 e. The third kappa shape index (κ3) is 2.17. The van der Waals surface area contributed by atoms with E-state index in [1.807, 2.05) is 6.92 Å². The minimum atomic E-state index is -1.39. The van der Waals surface area contributed by atoms with E-state index in [2.05, 4.69) is 36.1 Å². The summed E-state index contributed by atoms with van der Waals surface area (Å²) >= 11 is 0. The summed E-state index contributed by atoms with van der Waals surface area (Å²) in [4.78, 5) is 2.31. The number of hydrogen-bond acceptors (Lipinski definition) is 5. The van der Waals surface area contributed by atoms with Crippen LogP contribution in [-0.4, -0.2) is 24.5 Å². The average molecular weight is 295 g/mol. The fourth-order valence-electron chi connectivity index (χ4n) is 3.84. The molecule has 2 atom stereocenters. The number of nitrogens with zero attached hydrogens (tertiary/aromatic N) is 4. The van der Waals surface area contributed by atoms with Crippen LogP contribution in [0.3, 0.4) is 0 Å². The summed E-state index contributed by atoms with van der Waals surface area (Å²) in [6.45, 7) is 6.66. The topological polar surface area (TPSA) is 101 Å². The van der Waals surface area contributed by atoms with Crippen LogP contribution >= 0.6 is 0 Å². The molecular formula is C17H21N5. The van der Waals surface area contributed by atoms with E-state index >= 15 is 0 Å². The summed E-state index contributed by atoms with van der Waals surface area (Å²) in [6.07, 6.45) is 3.79. The summed E-state index contributed by atoms with van der Waals surface area (Å²) in [5.41, 5.74) is 6.13. The summed E-state index contributed by atoms with van der Waals surface area (Å²) in [6, 6.07) is 6.38. The van der Waals surface area contributed by atoms with Crippen molar-refractivity contribution in [2.45, 2.75) is 26.7 Å². The molecule has 2 rings (SSSR count). The van der Waals surface area contributed by atoms with Crippen molar-refractivity contribution in [3.63, 3.8) is 0 Å². The van der Waals surface area contributed by atoms with Crippen LogP contribution in [0.4, 0.5) is 0 Å². The first-order valence-corrected chi connectivity index (χ1v) is 7.75. The molecule has 1 aliphatic heterocycles. The fourth-order valence-corrected chi connectivity index (χ4v) is 3.84. The van der Waals surface area contributed by atoms with Gasteiger partial charge in [-0.1, -0.05) is 19.9 Å². The van der Waals surface area contributed by atoms with Crippen LogP contribution in [0.25, 0.3) is 0 Å². The van der Waals surface area contributed by atoms with Crippen molar-refractivity contribution in [1.29, 1.82) is 15.8 Å². The molecular weight excluding hydrogens is 274 g/mol. The van der Waals surface area contributed by atoms with Gasteiger partial charge in [-0.2, -0.15) is 15.8 Å². The summed E-state index contributed by atoms with van der Waals surface area (Å²) < 4.78 is 0. The molecule has 5 heteroatoms. The molecule has 114 valence electrons. The number of hydrogen-bond donors (Lipinski definition) is 1. The SMILES string of the molecule is CCCN1CC=C2C(C#N)=C(N)C(C#N)(C#N)[C@H](CC)[C@@H]2C1. The Morgan fingerprint density at radius 1 is 1.32 bits per heavy atom. The molecule has 0 amide bonds. The van der Waals surface area contributed by atoms with Crippen LogP contribution in [0.15, 0.2) is 22.9 Å². The van der Waals surface area contributed by atoms with Crippen LogP contribution in [-0.2, 0) is 0 Å². The highest BCUT2D eigenvalue weighted by molar-refractivity contribution is 5.56. The lowest BCUT2D eigenvalue weighted by atomic mass is 9.59. The van der Waals surface area contributed by atoms with Gasteiger partial charge >= 0.3 is 0 Å². The van der Waals surface area contributed by atoms with Crippen LogP contribution < -0.4 is 5.73 Å². The Kier molecular flexibility index (Phi) is 4.55. The van der Waals surface area contributed by atoms with Crippen molar-refractivity contribution in [3.05, 3.63) is 22.9 Å². The van der Waals surface area contributed by atoms with Gasteiger partial charge < -0.3 is 5.73 Å². The molecule has 0 bridgehead atoms. The minimum absolute atomic E-state index is 0.0200. The molecule has 0 saturated carbocycles. The largest absolute Gasteiger partial charge is 0.399 e. The van der Waals surface area contributed by atoms with Gasteiger partial charge in [0.2, 0.25) is 0 Å². The van der Waals surface area contributed by atoms with E-state index in [9.17, 15) is 15.8 Å². The average Bonchev–Trinajstić information content (AvgIpc) is 2.54. The molecule has 5 nitrogen and oxygen atoms in total. The van der Waals surface area contributed by atoms with Crippen molar-refractivity contribution < 1.29 is 0 Å². The lowest BCUT2D eigenvalue weighted by Gasteiger charge is -2.45. The molecule has 0 saturated heterocycles. The van der Waals surface area contributed by atoms with E-state index < -0.39 is 5.41 Å². The summed E-state index contributed by atoms with van der Waals surface area (Å²) in [5.74, 6) is -0.156. The van der Waals surface area contributed by atoms with Crippen molar-refractivity contribution in [2.24, 2.45) is 23.0 Å². The zero-order valence-electron chi connectivity index (χ0n) is 13.1. The van der Waals surface area contributed by atoms with Gasteiger partial charge in [0.15, 0.2) is 5.41 Å². The summed E-state index contributed by atoms with van der Waals surface area (Å²) in [7, 11) is 0. The Morgan fingerprint density at radius 2 is 2.00 bits per heavy atom. The highest BCUT2D eigenvalue weighted by atomic mass is 15.1. The Bertz CT molecular complexity index is 623. The highest BCUT2D eigenvalue weighted by Gasteiger charge is 2.52. The molecule has 1 heterocycles. The molecule has 0 radical (unpaired) electrons. The molecule has 2 aliphatic rings. The predicted molar refractivity (Wildman–Crippen MR) is 82.6 cm³/mol. The van der Waals surface area contributed by atoms with Crippen molar-refractivity contribution >= 4 is 0 Å². The normalized spacial score (nSPS) is 27.1. The van der Waals surface area contributed by atoms with Gasteiger partial charge in [-0.25, -0.2) is 0 Å². The van der Waals surface area contributed by atoms with E-state index in [0.717, 1.165) is 31.6 Å².